The summed E-state index contributed by atoms with van der Waals surface area (Å²) in [6.45, 7) is 0. The van der Waals surface area contributed by atoms with Crippen LogP contribution in [0.15, 0.2) is 182 Å². The van der Waals surface area contributed by atoms with Gasteiger partial charge in [-0.2, -0.15) is 0 Å². The van der Waals surface area contributed by atoms with Gasteiger partial charge in [-0.3, -0.25) is 4.98 Å². The van der Waals surface area contributed by atoms with Gasteiger partial charge >= 0.3 is 0 Å². The Bertz CT molecular complexity index is 2810. The van der Waals surface area contributed by atoms with Gasteiger partial charge in [0, 0.05) is 45.6 Å². The maximum Gasteiger partial charge on any atom is 0.164 e. The van der Waals surface area contributed by atoms with Crippen LogP contribution in [0.1, 0.15) is 22.3 Å². The van der Waals surface area contributed by atoms with Gasteiger partial charge in [0.05, 0.1) is 5.41 Å². The average Bonchev–Trinajstić information content (AvgIpc) is 3.54. The molecule has 0 amide bonds. The van der Waals surface area contributed by atoms with Gasteiger partial charge < -0.3 is 4.74 Å². The highest BCUT2D eigenvalue weighted by Crippen LogP contribution is 2.62. The zero-order chi connectivity index (χ0) is 35.6. The third-order valence-electron chi connectivity index (χ3n) is 10.9. The molecular weight excluding hydrogens is 661 g/mol. The second-order valence-electron chi connectivity index (χ2n) is 13.8. The lowest BCUT2D eigenvalue weighted by Crippen LogP contribution is -2.32. The molecule has 11 rings (SSSR count). The summed E-state index contributed by atoms with van der Waals surface area (Å²) in [5.74, 6) is 3.50. The predicted octanol–water partition coefficient (Wildman–Crippen LogP) is 11.6. The van der Waals surface area contributed by atoms with Crippen molar-refractivity contribution in [1.82, 2.24) is 19.9 Å². The van der Waals surface area contributed by atoms with Gasteiger partial charge in [-0.15, -0.1) is 0 Å². The minimum absolute atomic E-state index is 0.601. The van der Waals surface area contributed by atoms with E-state index >= 15 is 0 Å². The largest absolute Gasteiger partial charge is 0.457 e. The SMILES string of the molecule is c1ccc(-c2nc(-c3ccccc3)nc(-c3ccc4c(c3)C3(c5cc(-c6cccc7cnccc67)ccc5O4)c4ccccc4-c4ccccc43)n2)cc1. The Morgan fingerprint density at radius 2 is 0.907 bits per heavy atom. The van der Waals surface area contributed by atoms with Gasteiger partial charge in [-0.1, -0.05) is 133 Å². The lowest BCUT2D eigenvalue weighted by Gasteiger charge is -2.40. The van der Waals surface area contributed by atoms with Crippen molar-refractivity contribution < 1.29 is 4.74 Å². The first kappa shape index (κ1) is 30.4. The van der Waals surface area contributed by atoms with Crippen LogP contribution < -0.4 is 4.74 Å². The van der Waals surface area contributed by atoms with E-state index in [2.05, 4.69) is 114 Å². The molecule has 0 fully saturated rings. The monoisotopic (exact) mass is 690 g/mol. The molecule has 5 heteroatoms. The number of rotatable bonds is 4. The van der Waals surface area contributed by atoms with Crippen LogP contribution in [0, 0.1) is 0 Å². The Hall–Kier alpha value is -7.24. The van der Waals surface area contributed by atoms with Crippen molar-refractivity contribution in [1.29, 1.82) is 0 Å². The van der Waals surface area contributed by atoms with E-state index < -0.39 is 5.41 Å². The van der Waals surface area contributed by atoms with E-state index in [1.165, 1.54) is 22.3 Å². The number of fused-ring (bicyclic) bond motifs is 10. The smallest absolute Gasteiger partial charge is 0.164 e. The van der Waals surface area contributed by atoms with Crippen LogP contribution in [0.3, 0.4) is 0 Å². The molecule has 0 atom stereocenters. The van der Waals surface area contributed by atoms with Gasteiger partial charge in [0.1, 0.15) is 11.5 Å². The first-order valence-electron chi connectivity index (χ1n) is 18.1. The Morgan fingerprint density at radius 1 is 0.389 bits per heavy atom. The van der Waals surface area contributed by atoms with Crippen molar-refractivity contribution in [3.05, 3.63) is 205 Å². The number of ether oxygens (including phenoxy) is 1. The van der Waals surface area contributed by atoms with Crippen LogP contribution in [0.5, 0.6) is 11.5 Å². The maximum absolute atomic E-state index is 6.89. The summed E-state index contributed by atoms with van der Waals surface area (Å²) in [5.41, 5.74) is 11.4. The highest BCUT2D eigenvalue weighted by molar-refractivity contribution is 5.97. The van der Waals surface area contributed by atoms with Crippen LogP contribution in [-0.4, -0.2) is 19.9 Å². The molecule has 0 N–H and O–H groups in total. The Morgan fingerprint density at radius 3 is 1.54 bits per heavy atom. The van der Waals surface area contributed by atoms with Crippen LogP contribution in [0.4, 0.5) is 0 Å². The molecule has 3 heterocycles. The van der Waals surface area contributed by atoms with Crippen molar-refractivity contribution in [2.24, 2.45) is 0 Å². The molecule has 0 unspecified atom stereocenters. The first-order valence-corrected chi connectivity index (χ1v) is 18.1. The van der Waals surface area contributed by atoms with E-state index in [1.54, 1.807) is 0 Å². The molecule has 2 aromatic heterocycles. The van der Waals surface area contributed by atoms with E-state index in [0.29, 0.717) is 17.5 Å². The molecule has 7 aromatic carbocycles. The summed E-state index contributed by atoms with van der Waals surface area (Å²) in [5, 5.41) is 2.26. The number of hydrogen-bond donors (Lipinski definition) is 0. The minimum atomic E-state index is -0.675. The standard InChI is InChI=1S/C49H30N4O/c1-3-12-31(13-4-1)46-51-47(32-14-5-2-6-15-32)53-48(52-46)34-23-25-45-43(29-34)49(40-20-9-7-17-38(40)39-18-8-10-21-41(39)49)42-28-33(22-24-44(42)54-45)36-19-11-16-35-30-50-27-26-37(35)36/h1-30H. The number of nitrogens with zero attached hydrogens (tertiary/aromatic N) is 4. The van der Waals surface area contributed by atoms with E-state index in [1.807, 2.05) is 73.1 Å². The molecule has 1 spiro atoms. The van der Waals surface area contributed by atoms with Gasteiger partial charge in [-0.25, -0.2) is 15.0 Å². The van der Waals surface area contributed by atoms with Crippen molar-refractivity contribution >= 4 is 10.8 Å². The van der Waals surface area contributed by atoms with E-state index in [4.69, 9.17) is 19.7 Å². The molecule has 9 aromatic rings. The number of hydrogen-bond acceptors (Lipinski definition) is 5. The van der Waals surface area contributed by atoms with Crippen LogP contribution >= 0.6 is 0 Å². The summed E-state index contributed by atoms with van der Waals surface area (Å²) in [4.78, 5) is 19.6. The van der Waals surface area contributed by atoms with Crippen LogP contribution in [0.25, 0.3) is 67.2 Å². The lowest BCUT2D eigenvalue weighted by molar-refractivity contribution is 0.436. The first-order chi connectivity index (χ1) is 26.8. The van der Waals surface area contributed by atoms with E-state index in [9.17, 15) is 0 Å². The van der Waals surface area contributed by atoms with Gasteiger partial charge in [0.15, 0.2) is 17.5 Å². The second kappa shape index (κ2) is 11.9. The molecule has 0 bridgehead atoms. The van der Waals surface area contributed by atoms with Crippen molar-refractivity contribution in [2.75, 3.05) is 0 Å². The van der Waals surface area contributed by atoms with E-state index in [0.717, 1.165) is 61.2 Å². The number of pyridine rings is 1. The van der Waals surface area contributed by atoms with Crippen molar-refractivity contribution in [3.63, 3.8) is 0 Å². The predicted molar refractivity (Wildman–Crippen MR) is 214 cm³/mol. The summed E-state index contributed by atoms with van der Waals surface area (Å²) >= 11 is 0. The van der Waals surface area contributed by atoms with Gasteiger partial charge in [0.25, 0.3) is 0 Å². The van der Waals surface area contributed by atoms with E-state index in [-0.39, 0.29) is 0 Å². The minimum Gasteiger partial charge on any atom is -0.457 e. The Balaban J connectivity index is 1.19. The van der Waals surface area contributed by atoms with Crippen molar-refractivity contribution in [3.8, 4) is 67.9 Å². The quantitative estimate of drug-likeness (QED) is 0.184. The summed E-state index contributed by atoms with van der Waals surface area (Å²) in [6.07, 6.45) is 3.79. The molecule has 252 valence electrons. The second-order valence-corrected chi connectivity index (χ2v) is 13.8. The van der Waals surface area contributed by atoms with Crippen LogP contribution in [0.2, 0.25) is 0 Å². The lowest BCUT2D eigenvalue weighted by atomic mass is 9.65. The van der Waals surface area contributed by atoms with Crippen LogP contribution in [-0.2, 0) is 5.41 Å². The topological polar surface area (TPSA) is 60.8 Å². The Kier molecular flexibility index (Phi) is 6.70. The molecule has 0 saturated heterocycles. The third kappa shape index (κ3) is 4.52. The Labute approximate surface area is 312 Å². The fourth-order valence-corrected chi connectivity index (χ4v) is 8.52. The maximum atomic E-state index is 6.89. The zero-order valence-electron chi connectivity index (χ0n) is 29.0. The zero-order valence-corrected chi connectivity index (χ0v) is 29.0. The highest BCUT2D eigenvalue weighted by atomic mass is 16.5. The molecule has 5 nitrogen and oxygen atoms in total. The number of aromatic nitrogens is 4. The summed E-state index contributed by atoms with van der Waals surface area (Å²) in [6, 6.07) is 59.4. The highest BCUT2D eigenvalue weighted by Gasteiger charge is 2.51. The molecule has 54 heavy (non-hydrogen) atoms. The molecule has 0 radical (unpaired) electrons. The summed E-state index contributed by atoms with van der Waals surface area (Å²) in [7, 11) is 0. The molecule has 1 aliphatic heterocycles. The number of benzene rings is 7. The molecule has 1 aliphatic carbocycles. The summed E-state index contributed by atoms with van der Waals surface area (Å²) < 4.78 is 6.89. The fraction of sp³-hybridized carbons (Fsp3) is 0.0204. The molecular formula is C49H30N4O. The normalized spacial score (nSPS) is 13.1. The molecule has 0 saturated carbocycles. The van der Waals surface area contributed by atoms with Crippen molar-refractivity contribution in [2.45, 2.75) is 5.41 Å². The average molecular weight is 691 g/mol. The van der Waals surface area contributed by atoms with Gasteiger partial charge in [0.2, 0.25) is 0 Å². The third-order valence-corrected chi connectivity index (χ3v) is 10.9. The molecule has 2 aliphatic rings. The fourth-order valence-electron chi connectivity index (χ4n) is 8.52. The van der Waals surface area contributed by atoms with Gasteiger partial charge in [-0.05, 0) is 75.2 Å².